The maximum atomic E-state index is 13.7. The molecule has 2 atom stereocenters. The first-order valence-corrected chi connectivity index (χ1v) is 11.4. The minimum absolute atomic E-state index is 0.185. The molecule has 0 amide bonds. The minimum Gasteiger partial charge on any atom is -0.383 e. The highest BCUT2D eigenvalue weighted by Crippen LogP contribution is 2.53. The molecule has 3 aliphatic rings. The van der Waals surface area contributed by atoms with E-state index in [0.717, 1.165) is 24.6 Å². The smallest absolute Gasteiger partial charge is 0.383 e. The van der Waals surface area contributed by atoms with Crippen molar-refractivity contribution in [3.8, 4) is 11.3 Å². The number of aromatic amines is 1. The largest absolute Gasteiger partial charge is 0.419 e. The second-order valence-corrected chi connectivity index (χ2v) is 9.89. The van der Waals surface area contributed by atoms with E-state index in [9.17, 15) is 22.0 Å². The van der Waals surface area contributed by atoms with Crippen LogP contribution in [-0.2, 0) is 18.1 Å². The number of nitrogens with zero attached hydrogens (tertiary/aromatic N) is 6. The van der Waals surface area contributed by atoms with Crippen LogP contribution < -0.4 is 5.73 Å². The molecule has 0 radical (unpaired) electrons. The van der Waals surface area contributed by atoms with Crippen molar-refractivity contribution < 1.29 is 22.0 Å². The average Bonchev–Trinajstić information content (AvgIpc) is 3.54. The summed E-state index contributed by atoms with van der Waals surface area (Å²) in [5.41, 5.74) is 5.78. The fourth-order valence-electron chi connectivity index (χ4n) is 5.99. The molecule has 6 rings (SSSR count). The highest BCUT2D eigenvalue weighted by Gasteiger charge is 2.54. The Morgan fingerprint density at radius 1 is 1.14 bits per heavy atom. The summed E-state index contributed by atoms with van der Waals surface area (Å²) in [5, 5.41) is 12.5. The summed E-state index contributed by atoms with van der Waals surface area (Å²) in [6.45, 7) is 1.95. The average molecular weight is 494 g/mol. The number of hydrogen-bond acceptors (Lipinski definition) is 6. The Balaban J connectivity index is 1.29. The highest BCUT2D eigenvalue weighted by atomic mass is 19.4. The van der Waals surface area contributed by atoms with Crippen LogP contribution in [0.25, 0.3) is 11.3 Å². The van der Waals surface area contributed by atoms with Crippen molar-refractivity contribution in [2.24, 2.45) is 5.92 Å². The monoisotopic (exact) mass is 494 g/mol. The van der Waals surface area contributed by atoms with Gasteiger partial charge in [0, 0.05) is 48.8 Å². The fraction of sp³-hybridized carbons (Fsp3) is 0.545. The van der Waals surface area contributed by atoms with Crippen molar-refractivity contribution >= 4 is 5.82 Å². The van der Waals surface area contributed by atoms with Crippen LogP contribution in [0.4, 0.5) is 27.8 Å². The Bertz CT molecular complexity index is 1250. The molecule has 1 spiro atoms. The molecule has 5 heterocycles. The van der Waals surface area contributed by atoms with Crippen molar-refractivity contribution in [1.82, 2.24) is 34.8 Å². The predicted octanol–water partition coefficient (Wildman–Crippen LogP) is 3.80. The van der Waals surface area contributed by atoms with Crippen molar-refractivity contribution in [2.45, 2.75) is 55.8 Å². The Morgan fingerprint density at radius 3 is 2.60 bits per heavy atom. The Kier molecular flexibility index (Phi) is 4.77. The lowest BCUT2D eigenvalue weighted by Gasteiger charge is -2.43. The molecule has 1 saturated heterocycles. The van der Waals surface area contributed by atoms with Crippen molar-refractivity contribution in [3.63, 3.8) is 0 Å². The van der Waals surface area contributed by atoms with E-state index in [2.05, 4.69) is 30.2 Å². The second kappa shape index (κ2) is 7.45. The molecule has 3 N–H and O–H groups in total. The number of anilines is 1. The number of nitrogens with two attached hydrogens (primary N) is 1. The van der Waals surface area contributed by atoms with E-state index >= 15 is 0 Å². The summed E-state index contributed by atoms with van der Waals surface area (Å²) < 4.78 is 69.2. The van der Waals surface area contributed by atoms with Gasteiger partial charge in [0.1, 0.15) is 18.0 Å². The van der Waals surface area contributed by atoms with Gasteiger partial charge in [0.2, 0.25) is 5.92 Å². The molecule has 13 heteroatoms. The molecule has 3 aromatic heterocycles. The van der Waals surface area contributed by atoms with E-state index in [1.165, 1.54) is 12.5 Å². The quantitative estimate of drug-likeness (QED) is 0.535. The maximum Gasteiger partial charge on any atom is 0.419 e. The van der Waals surface area contributed by atoms with E-state index in [-0.39, 0.29) is 35.8 Å². The number of H-pyrrole nitrogens is 1. The number of aryl methyl sites for hydroxylation is 1. The summed E-state index contributed by atoms with van der Waals surface area (Å²) >= 11 is 0. The molecule has 2 aliphatic heterocycles. The zero-order valence-electron chi connectivity index (χ0n) is 18.6. The number of rotatable bonds is 4. The minimum atomic E-state index is -4.61. The molecule has 3 aromatic rings. The first-order valence-electron chi connectivity index (χ1n) is 11.4. The number of likely N-dealkylation sites (tertiary alicyclic amines) is 1. The molecule has 2 fully saturated rings. The van der Waals surface area contributed by atoms with Gasteiger partial charge in [-0.05, 0) is 37.4 Å². The summed E-state index contributed by atoms with van der Waals surface area (Å²) in [6.07, 6.45) is -0.615. The normalized spacial score (nSPS) is 25.2. The van der Waals surface area contributed by atoms with Crippen LogP contribution in [0.5, 0.6) is 0 Å². The number of alkyl halides is 5. The highest BCUT2D eigenvalue weighted by molar-refractivity contribution is 5.63. The van der Waals surface area contributed by atoms with Gasteiger partial charge in [0.15, 0.2) is 0 Å². The lowest BCUT2D eigenvalue weighted by molar-refractivity contribution is -0.137. The Hall–Kier alpha value is -3.09. The van der Waals surface area contributed by atoms with Crippen LogP contribution in [0.15, 0.2) is 24.7 Å². The standard InChI is InChI=1S/C22H23F5N8/c23-21(24)7-13(8-21)17(19-30-11-31-32-19)34-3-1-20(10-34)2-4-35-16(20)6-15(33-35)12-5-14(22(25,26)27)18(28)29-9-12/h5-6,9,11,13,17H,1-4,7-8,10H2,(H2,28,29)(H,30,31,32)/t17?,20-/m1/s1. The molecule has 0 bridgehead atoms. The second-order valence-electron chi connectivity index (χ2n) is 9.89. The zero-order valence-corrected chi connectivity index (χ0v) is 18.6. The number of fused-ring (bicyclic) bond motifs is 2. The lowest BCUT2D eigenvalue weighted by Crippen LogP contribution is -2.45. The number of nitrogens with one attached hydrogen (secondary N) is 1. The summed E-state index contributed by atoms with van der Waals surface area (Å²) in [4.78, 5) is 8.92. The molecule has 35 heavy (non-hydrogen) atoms. The van der Waals surface area contributed by atoms with E-state index < -0.39 is 23.5 Å². The third-order valence-electron chi connectivity index (χ3n) is 7.71. The number of halogens is 5. The Labute approximate surface area is 196 Å². The molecule has 1 aliphatic carbocycles. The lowest BCUT2D eigenvalue weighted by atomic mass is 9.75. The van der Waals surface area contributed by atoms with Crippen LogP contribution >= 0.6 is 0 Å². The van der Waals surface area contributed by atoms with E-state index in [1.807, 2.05) is 10.7 Å². The predicted molar refractivity (Wildman–Crippen MR) is 114 cm³/mol. The van der Waals surface area contributed by atoms with Gasteiger partial charge in [0.25, 0.3) is 0 Å². The number of pyridine rings is 1. The van der Waals surface area contributed by atoms with Gasteiger partial charge in [-0.1, -0.05) is 0 Å². The molecule has 1 saturated carbocycles. The molecule has 186 valence electrons. The molecular formula is C22H23F5N8. The van der Waals surface area contributed by atoms with Gasteiger partial charge >= 0.3 is 6.18 Å². The fourth-order valence-corrected chi connectivity index (χ4v) is 5.99. The van der Waals surface area contributed by atoms with Crippen molar-refractivity contribution in [3.05, 3.63) is 41.7 Å². The van der Waals surface area contributed by atoms with Gasteiger partial charge < -0.3 is 10.7 Å². The SMILES string of the molecule is Nc1ncc(-c2cc3n(n2)CC[C@@]32CCN(C(c3nnc[nH]3)C3CC(F)(F)C3)C2)cc1C(F)(F)F. The molecule has 0 aromatic carbocycles. The van der Waals surface area contributed by atoms with Crippen molar-refractivity contribution in [2.75, 3.05) is 18.8 Å². The number of nitrogen functional groups attached to an aromatic ring is 1. The zero-order chi connectivity index (χ0) is 24.6. The molecule has 1 unspecified atom stereocenters. The first kappa shape index (κ1) is 22.4. The number of aromatic nitrogens is 6. The van der Waals surface area contributed by atoms with Gasteiger partial charge in [0.05, 0.1) is 17.3 Å². The Morgan fingerprint density at radius 2 is 1.91 bits per heavy atom. The summed E-state index contributed by atoms with van der Waals surface area (Å²) in [7, 11) is 0. The van der Waals surface area contributed by atoms with E-state index in [0.29, 0.717) is 31.2 Å². The number of hydrogen-bond donors (Lipinski definition) is 2. The molecular weight excluding hydrogens is 471 g/mol. The van der Waals surface area contributed by atoms with Crippen LogP contribution in [-0.4, -0.2) is 53.9 Å². The van der Waals surface area contributed by atoms with Gasteiger partial charge in [-0.2, -0.15) is 18.3 Å². The topological polar surface area (TPSA) is 102 Å². The van der Waals surface area contributed by atoms with Crippen LogP contribution in [0.2, 0.25) is 0 Å². The maximum absolute atomic E-state index is 13.7. The molecule has 8 nitrogen and oxygen atoms in total. The van der Waals surface area contributed by atoms with Crippen LogP contribution in [0.1, 0.15) is 48.8 Å². The van der Waals surface area contributed by atoms with E-state index in [1.54, 1.807) is 0 Å². The van der Waals surface area contributed by atoms with Crippen molar-refractivity contribution in [1.29, 1.82) is 0 Å². The van der Waals surface area contributed by atoms with Crippen LogP contribution in [0, 0.1) is 5.92 Å². The third-order valence-corrected chi connectivity index (χ3v) is 7.71. The third kappa shape index (κ3) is 3.67. The summed E-state index contributed by atoms with van der Waals surface area (Å²) in [5.74, 6) is -2.86. The summed E-state index contributed by atoms with van der Waals surface area (Å²) in [6, 6.07) is 2.51. The van der Waals surface area contributed by atoms with E-state index in [4.69, 9.17) is 5.73 Å². The van der Waals surface area contributed by atoms with Gasteiger partial charge in [-0.3, -0.25) is 9.58 Å². The van der Waals surface area contributed by atoms with Crippen LogP contribution in [0.3, 0.4) is 0 Å². The van der Waals surface area contributed by atoms with Gasteiger partial charge in [-0.15, -0.1) is 10.2 Å². The van der Waals surface area contributed by atoms with Gasteiger partial charge in [-0.25, -0.2) is 13.8 Å². The first-order chi connectivity index (χ1) is 16.5.